The van der Waals surface area contributed by atoms with Crippen LogP contribution in [-0.4, -0.2) is 72.0 Å². The molecule has 0 aliphatic carbocycles. The highest BCUT2D eigenvalue weighted by Crippen LogP contribution is 2.26. The maximum Gasteiger partial charge on any atom is 0.407 e. The van der Waals surface area contributed by atoms with Gasteiger partial charge < -0.3 is 15.3 Å². The molecule has 5 nitrogen and oxygen atoms in total. The van der Waals surface area contributed by atoms with E-state index < -0.39 is 11.8 Å². The SMILES string of the molecule is C[C@H]1CN(C(=O)O)CCN1CC1(F)CCNCC1. The lowest BCUT2D eigenvalue weighted by molar-refractivity contribution is 0.0135. The first kappa shape index (κ1) is 13.5. The number of nitrogens with one attached hydrogen (secondary N) is 1. The molecule has 0 radical (unpaired) electrons. The Labute approximate surface area is 107 Å². The topological polar surface area (TPSA) is 55.8 Å². The molecule has 0 aromatic heterocycles. The van der Waals surface area contributed by atoms with Gasteiger partial charge in [-0.1, -0.05) is 0 Å². The van der Waals surface area contributed by atoms with Crippen molar-refractivity contribution in [2.24, 2.45) is 0 Å². The number of carboxylic acid groups (broad SMARTS) is 1. The molecular weight excluding hydrogens is 237 g/mol. The molecule has 6 heteroatoms. The molecule has 0 aromatic rings. The predicted octanol–water partition coefficient (Wildman–Crippen LogP) is 0.762. The van der Waals surface area contributed by atoms with E-state index in [-0.39, 0.29) is 6.04 Å². The monoisotopic (exact) mass is 259 g/mol. The molecule has 0 unspecified atom stereocenters. The molecule has 0 bridgehead atoms. The van der Waals surface area contributed by atoms with Gasteiger partial charge in [0, 0.05) is 32.2 Å². The molecule has 0 spiro atoms. The fourth-order valence-electron chi connectivity index (χ4n) is 2.80. The first-order valence-electron chi connectivity index (χ1n) is 6.62. The van der Waals surface area contributed by atoms with E-state index in [2.05, 4.69) is 10.2 Å². The van der Waals surface area contributed by atoms with E-state index in [4.69, 9.17) is 5.11 Å². The Morgan fingerprint density at radius 2 is 2.11 bits per heavy atom. The van der Waals surface area contributed by atoms with Crippen LogP contribution in [0, 0.1) is 0 Å². The summed E-state index contributed by atoms with van der Waals surface area (Å²) in [5.41, 5.74) is -1.11. The van der Waals surface area contributed by atoms with Crippen LogP contribution in [0.15, 0.2) is 0 Å². The van der Waals surface area contributed by atoms with Crippen LogP contribution in [0.4, 0.5) is 9.18 Å². The molecule has 18 heavy (non-hydrogen) atoms. The molecule has 2 fully saturated rings. The Kier molecular flexibility index (Phi) is 4.07. The number of piperidine rings is 1. The van der Waals surface area contributed by atoms with Crippen LogP contribution >= 0.6 is 0 Å². The maximum absolute atomic E-state index is 14.6. The van der Waals surface area contributed by atoms with Gasteiger partial charge in [0.25, 0.3) is 0 Å². The molecule has 1 amide bonds. The number of nitrogens with zero attached hydrogens (tertiary/aromatic N) is 2. The highest BCUT2D eigenvalue weighted by Gasteiger charge is 2.37. The number of hydrogen-bond donors (Lipinski definition) is 2. The summed E-state index contributed by atoms with van der Waals surface area (Å²) < 4.78 is 14.6. The molecule has 1 atom stereocenters. The summed E-state index contributed by atoms with van der Waals surface area (Å²) in [6.45, 7) is 5.47. The zero-order valence-corrected chi connectivity index (χ0v) is 10.9. The minimum atomic E-state index is -1.11. The van der Waals surface area contributed by atoms with Crippen LogP contribution in [-0.2, 0) is 0 Å². The van der Waals surface area contributed by atoms with Crippen LogP contribution in [0.5, 0.6) is 0 Å². The summed E-state index contributed by atoms with van der Waals surface area (Å²) in [6, 6.07) is 0.0948. The highest BCUT2D eigenvalue weighted by atomic mass is 19.1. The van der Waals surface area contributed by atoms with E-state index in [0.717, 1.165) is 13.1 Å². The summed E-state index contributed by atoms with van der Waals surface area (Å²) in [5.74, 6) is 0. The summed E-state index contributed by atoms with van der Waals surface area (Å²) in [7, 11) is 0. The standard InChI is InChI=1S/C12H22FN3O2/c1-10-8-15(11(17)18)6-7-16(10)9-12(13)2-4-14-5-3-12/h10,14H,2-9H2,1H3,(H,17,18)/t10-/m0/s1. The Bertz CT molecular complexity index is 308. The van der Waals surface area contributed by atoms with E-state index in [1.165, 1.54) is 4.90 Å². The molecule has 2 heterocycles. The summed E-state index contributed by atoms with van der Waals surface area (Å²) >= 11 is 0. The van der Waals surface area contributed by atoms with Crippen LogP contribution in [0.2, 0.25) is 0 Å². The van der Waals surface area contributed by atoms with Crippen molar-refractivity contribution >= 4 is 6.09 Å². The average molecular weight is 259 g/mol. The Balaban J connectivity index is 1.88. The van der Waals surface area contributed by atoms with Crippen molar-refractivity contribution in [3.63, 3.8) is 0 Å². The number of piperazine rings is 1. The van der Waals surface area contributed by atoms with Gasteiger partial charge in [-0.25, -0.2) is 9.18 Å². The summed E-state index contributed by atoms with van der Waals surface area (Å²) in [4.78, 5) is 14.4. The van der Waals surface area contributed by atoms with E-state index in [9.17, 15) is 9.18 Å². The zero-order valence-electron chi connectivity index (χ0n) is 10.9. The van der Waals surface area contributed by atoms with Crippen molar-refractivity contribution in [1.82, 2.24) is 15.1 Å². The maximum atomic E-state index is 14.6. The quantitative estimate of drug-likeness (QED) is 0.769. The second-order valence-corrected chi connectivity index (χ2v) is 5.45. The molecular formula is C12H22FN3O2. The third kappa shape index (κ3) is 3.11. The third-order valence-corrected chi connectivity index (χ3v) is 4.02. The van der Waals surface area contributed by atoms with E-state index in [0.29, 0.717) is 39.0 Å². The molecule has 2 aliphatic rings. The van der Waals surface area contributed by atoms with Crippen molar-refractivity contribution in [2.75, 3.05) is 39.3 Å². The molecule has 2 rings (SSSR count). The molecule has 2 aliphatic heterocycles. The number of alkyl halides is 1. The lowest BCUT2D eigenvalue weighted by atomic mass is 9.93. The van der Waals surface area contributed by atoms with Crippen molar-refractivity contribution < 1.29 is 14.3 Å². The smallest absolute Gasteiger partial charge is 0.407 e. The first-order chi connectivity index (χ1) is 8.50. The summed E-state index contributed by atoms with van der Waals surface area (Å²) in [6.07, 6.45) is 0.232. The van der Waals surface area contributed by atoms with Crippen molar-refractivity contribution in [2.45, 2.75) is 31.5 Å². The number of rotatable bonds is 2. The van der Waals surface area contributed by atoms with Gasteiger partial charge in [0.2, 0.25) is 0 Å². The first-order valence-corrected chi connectivity index (χ1v) is 6.62. The Morgan fingerprint density at radius 1 is 1.44 bits per heavy atom. The van der Waals surface area contributed by atoms with Gasteiger partial charge in [0.1, 0.15) is 5.67 Å². The van der Waals surface area contributed by atoms with Gasteiger partial charge in [0.05, 0.1) is 0 Å². The van der Waals surface area contributed by atoms with Crippen LogP contribution in [0.1, 0.15) is 19.8 Å². The highest BCUT2D eigenvalue weighted by molar-refractivity contribution is 5.65. The van der Waals surface area contributed by atoms with E-state index >= 15 is 0 Å². The lowest BCUT2D eigenvalue weighted by Crippen LogP contribution is -2.57. The third-order valence-electron chi connectivity index (χ3n) is 4.02. The van der Waals surface area contributed by atoms with Crippen molar-refractivity contribution in [1.29, 1.82) is 0 Å². The minimum Gasteiger partial charge on any atom is -0.465 e. The van der Waals surface area contributed by atoms with E-state index in [1.807, 2.05) is 6.92 Å². The Morgan fingerprint density at radius 3 is 2.67 bits per heavy atom. The van der Waals surface area contributed by atoms with Gasteiger partial charge in [0.15, 0.2) is 0 Å². The van der Waals surface area contributed by atoms with Crippen LogP contribution in [0.3, 0.4) is 0 Å². The Hall–Kier alpha value is -0.880. The van der Waals surface area contributed by atoms with Crippen molar-refractivity contribution in [3.8, 4) is 0 Å². The van der Waals surface area contributed by atoms with Crippen molar-refractivity contribution in [3.05, 3.63) is 0 Å². The zero-order chi connectivity index (χ0) is 13.2. The molecule has 104 valence electrons. The van der Waals surface area contributed by atoms with Gasteiger partial charge in [-0.3, -0.25) is 4.90 Å². The average Bonchev–Trinajstić information content (AvgIpc) is 2.32. The molecule has 0 saturated carbocycles. The molecule has 2 saturated heterocycles. The lowest BCUT2D eigenvalue weighted by Gasteiger charge is -2.42. The second kappa shape index (κ2) is 5.40. The van der Waals surface area contributed by atoms with Gasteiger partial charge in [-0.15, -0.1) is 0 Å². The van der Waals surface area contributed by atoms with Crippen LogP contribution < -0.4 is 5.32 Å². The van der Waals surface area contributed by atoms with Gasteiger partial charge in [-0.05, 0) is 32.9 Å². The van der Waals surface area contributed by atoms with Gasteiger partial charge in [-0.2, -0.15) is 0 Å². The fraction of sp³-hybridized carbons (Fsp3) is 0.917. The van der Waals surface area contributed by atoms with Gasteiger partial charge >= 0.3 is 6.09 Å². The van der Waals surface area contributed by atoms with Crippen LogP contribution in [0.25, 0.3) is 0 Å². The minimum absolute atomic E-state index is 0.0948. The number of hydrogen-bond acceptors (Lipinski definition) is 3. The number of amides is 1. The normalized spacial score (nSPS) is 29.2. The molecule has 0 aromatic carbocycles. The number of carbonyl (C=O) groups is 1. The summed E-state index contributed by atoms with van der Waals surface area (Å²) in [5, 5.41) is 12.1. The van der Waals surface area contributed by atoms with E-state index in [1.54, 1.807) is 0 Å². The number of halogens is 1. The largest absolute Gasteiger partial charge is 0.465 e. The fourth-order valence-corrected chi connectivity index (χ4v) is 2.80. The predicted molar refractivity (Wildman–Crippen MR) is 66.6 cm³/mol. The second-order valence-electron chi connectivity index (χ2n) is 5.45. The molecule has 2 N–H and O–H groups in total.